The number of carbonyl (C=O) groups is 2. The van der Waals surface area contributed by atoms with E-state index in [4.69, 9.17) is 9.26 Å². The number of hydrogen-bond donors (Lipinski definition) is 1. The summed E-state index contributed by atoms with van der Waals surface area (Å²) in [4.78, 5) is 28.6. The predicted molar refractivity (Wildman–Crippen MR) is 99.6 cm³/mol. The number of halogens is 3. The van der Waals surface area contributed by atoms with Crippen molar-refractivity contribution in [2.24, 2.45) is 0 Å². The van der Waals surface area contributed by atoms with Gasteiger partial charge in [-0.2, -0.15) is 4.98 Å². The van der Waals surface area contributed by atoms with Crippen molar-refractivity contribution in [1.29, 1.82) is 0 Å². The van der Waals surface area contributed by atoms with Crippen LogP contribution in [0.2, 0.25) is 0 Å². The molecule has 11 heteroatoms. The summed E-state index contributed by atoms with van der Waals surface area (Å²) in [5.74, 6) is -2.48. The van der Waals surface area contributed by atoms with Crippen LogP contribution >= 0.6 is 27.3 Å². The number of rotatable bonds is 7. The van der Waals surface area contributed by atoms with E-state index < -0.39 is 30.1 Å². The number of thiophene rings is 1. The summed E-state index contributed by atoms with van der Waals surface area (Å²) in [6, 6.07) is 5.32. The lowest BCUT2D eigenvalue weighted by molar-refractivity contribution is -0.147. The molecule has 0 aliphatic carbocycles. The number of aromatic nitrogens is 2. The maximum absolute atomic E-state index is 13.7. The molecule has 0 bridgehead atoms. The monoisotopic (exact) mass is 471 g/mol. The van der Waals surface area contributed by atoms with Gasteiger partial charge in [0, 0.05) is 17.0 Å². The summed E-state index contributed by atoms with van der Waals surface area (Å²) >= 11 is 4.40. The van der Waals surface area contributed by atoms with E-state index in [9.17, 15) is 18.4 Å². The fourth-order valence-electron chi connectivity index (χ4n) is 2.13. The second-order valence-electron chi connectivity index (χ2n) is 5.44. The molecule has 0 aliphatic rings. The number of carbonyl (C=O) groups excluding carboxylic acids is 2. The molecule has 1 aromatic carbocycles. The van der Waals surface area contributed by atoms with Crippen LogP contribution in [-0.4, -0.2) is 28.6 Å². The Morgan fingerprint density at radius 2 is 2.14 bits per heavy atom. The summed E-state index contributed by atoms with van der Waals surface area (Å²) in [6.07, 6.45) is 0.0743. The zero-order valence-corrected chi connectivity index (χ0v) is 16.5. The molecule has 146 valence electrons. The number of anilines is 1. The van der Waals surface area contributed by atoms with Crippen LogP contribution < -0.4 is 5.32 Å². The number of nitrogens with zero attached hydrogens (tertiary/aromatic N) is 2. The standard InChI is InChI=1S/C17H12BrF2N3O4S/c18-10-6-9(19)7-11(20)16(10)21-13(24)8-26-15(25)4-3-14-22-17(23-27-14)12-2-1-5-28-12/h1-2,5-7H,3-4,8H2,(H,21,24). The van der Waals surface area contributed by atoms with E-state index in [1.165, 1.54) is 11.3 Å². The number of aryl methyl sites for hydroxylation is 1. The number of nitrogens with one attached hydrogen (secondary N) is 1. The van der Waals surface area contributed by atoms with Crippen LogP contribution in [0.25, 0.3) is 10.7 Å². The average Bonchev–Trinajstić information content (AvgIpc) is 3.32. The molecule has 7 nitrogen and oxygen atoms in total. The fraction of sp³-hybridized carbons (Fsp3) is 0.176. The minimum atomic E-state index is -0.954. The maximum Gasteiger partial charge on any atom is 0.306 e. The van der Waals surface area contributed by atoms with Gasteiger partial charge < -0.3 is 14.6 Å². The third-order valence-electron chi connectivity index (χ3n) is 3.39. The summed E-state index contributed by atoms with van der Waals surface area (Å²) in [5.41, 5.74) is -0.241. The van der Waals surface area contributed by atoms with Crippen molar-refractivity contribution < 1.29 is 27.6 Å². The van der Waals surface area contributed by atoms with Gasteiger partial charge >= 0.3 is 5.97 Å². The largest absolute Gasteiger partial charge is 0.456 e. The highest BCUT2D eigenvalue weighted by atomic mass is 79.9. The third kappa shape index (κ3) is 5.20. The summed E-state index contributed by atoms with van der Waals surface area (Å²) in [7, 11) is 0. The molecule has 3 aromatic rings. The number of ether oxygens (including phenoxy) is 1. The molecule has 2 aromatic heterocycles. The molecule has 0 radical (unpaired) electrons. The molecule has 0 aliphatic heterocycles. The Hall–Kier alpha value is -2.66. The normalized spacial score (nSPS) is 10.7. The Balaban J connectivity index is 1.45. The number of hydrogen-bond acceptors (Lipinski definition) is 7. The van der Waals surface area contributed by atoms with E-state index in [-0.39, 0.29) is 28.9 Å². The lowest BCUT2D eigenvalue weighted by atomic mass is 10.3. The van der Waals surface area contributed by atoms with Gasteiger partial charge in [-0.25, -0.2) is 8.78 Å². The van der Waals surface area contributed by atoms with Crippen molar-refractivity contribution in [3.63, 3.8) is 0 Å². The molecule has 1 amide bonds. The van der Waals surface area contributed by atoms with Crippen molar-refractivity contribution in [1.82, 2.24) is 10.1 Å². The topological polar surface area (TPSA) is 94.3 Å². The number of benzene rings is 1. The first-order chi connectivity index (χ1) is 13.4. The van der Waals surface area contributed by atoms with E-state index in [1.54, 1.807) is 0 Å². The third-order valence-corrected chi connectivity index (χ3v) is 4.88. The molecule has 0 saturated carbocycles. The van der Waals surface area contributed by atoms with Crippen LogP contribution in [0.5, 0.6) is 0 Å². The Bertz CT molecular complexity index is 971. The van der Waals surface area contributed by atoms with Crippen molar-refractivity contribution in [3.8, 4) is 10.7 Å². The van der Waals surface area contributed by atoms with Crippen LogP contribution in [-0.2, 0) is 20.7 Å². The molecule has 1 N–H and O–H groups in total. The van der Waals surface area contributed by atoms with E-state index in [0.29, 0.717) is 11.9 Å². The van der Waals surface area contributed by atoms with Gasteiger partial charge in [0.25, 0.3) is 5.91 Å². The summed E-state index contributed by atoms with van der Waals surface area (Å²) in [6.45, 7) is -0.619. The van der Waals surface area contributed by atoms with Crippen LogP contribution in [0.4, 0.5) is 14.5 Å². The molecular formula is C17H12BrF2N3O4S. The first kappa shape index (κ1) is 20.1. The molecule has 3 rings (SSSR count). The van der Waals surface area contributed by atoms with Crippen molar-refractivity contribution >= 4 is 44.8 Å². The van der Waals surface area contributed by atoms with Crippen molar-refractivity contribution in [2.75, 3.05) is 11.9 Å². The molecule has 0 unspecified atom stereocenters. The van der Waals surface area contributed by atoms with Crippen molar-refractivity contribution in [3.05, 3.63) is 51.6 Å². The average molecular weight is 472 g/mol. The Kier molecular flexibility index (Phi) is 6.47. The fourth-order valence-corrected chi connectivity index (χ4v) is 3.28. The van der Waals surface area contributed by atoms with Gasteiger partial charge in [-0.05, 0) is 33.4 Å². The van der Waals surface area contributed by atoms with Gasteiger partial charge in [0.1, 0.15) is 5.82 Å². The quantitative estimate of drug-likeness (QED) is 0.524. The second kappa shape index (κ2) is 9.02. The first-order valence-electron chi connectivity index (χ1n) is 7.89. The van der Waals surface area contributed by atoms with Crippen LogP contribution in [0.1, 0.15) is 12.3 Å². The zero-order valence-electron chi connectivity index (χ0n) is 14.1. The van der Waals surface area contributed by atoms with Gasteiger partial charge in [-0.15, -0.1) is 11.3 Å². The Labute approximate surface area is 169 Å². The Morgan fingerprint density at radius 1 is 1.32 bits per heavy atom. The molecule has 0 saturated heterocycles. The van der Waals surface area contributed by atoms with Gasteiger partial charge in [0.2, 0.25) is 11.7 Å². The van der Waals surface area contributed by atoms with Gasteiger partial charge in [-0.1, -0.05) is 11.2 Å². The van der Waals surface area contributed by atoms with Gasteiger partial charge in [-0.3, -0.25) is 9.59 Å². The van der Waals surface area contributed by atoms with E-state index in [0.717, 1.165) is 10.9 Å². The van der Waals surface area contributed by atoms with Gasteiger partial charge in [0.15, 0.2) is 12.4 Å². The molecule has 0 fully saturated rings. The highest BCUT2D eigenvalue weighted by Crippen LogP contribution is 2.26. The smallest absolute Gasteiger partial charge is 0.306 e. The summed E-state index contributed by atoms with van der Waals surface area (Å²) in [5, 5.41) is 7.91. The van der Waals surface area contributed by atoms with Gasteiger partial charge in [0.05, 0.1) is 17.0 Å². The van der Waals surface area contributed by atoms with Crippen LogP contribution in [0.15, 0.2) is 38.6 Å². The zero-order chi connectivity index (χ0) is 20.1. The maximum atomic E-state index is 13.7. The molecule has 2 heterocycles. The lowest BCUT2D eigenvalue weighted by Gasteiger charge is -2.09. The molecule has 28 heavy (non-hydrogen) atoms. The van der Waals surface area contributed by atoms with Crippen molar-refractivity contribution in [2.45, 2.75) is 12.8 Å². The SMILES string of the molecule is O=C(COC(=O)CCc1nc(-c2cccs2)no1)Nc1c(F)cc(F)cc1Br. The molecule has 0 atom stereocenters. The highest BCUT2D eigenvalue weighted by Gasteiger charge is 2.15. The Morgan fingerprint density at radius 3 is 2.86 bits per heavy atom. The van der Waals surface area contributed by atoms with E-state index in [1.807, 2.05) is 17.5 Å². The number of esters is 1. The molecular weight excluding hydrogens is 460 g/mol. The van der Waals surface area contributed by atoms with E-state index >= 15 is 0 Å². The van der Waals surface area contributed by atoms with Crippen LogP contribution in [0.3, 0.4) is 0 Å². The number of amides is 1. The lowest BCUT2D eigenvalue weighted by Crippen LogP contribution is -2.22. The predicted octanol–water partition coefficient (Wildman–Crippen LogP) is 3.95. The highest BCUT2D eigenvalue weighted by molar-refractivity contribution is 9.10. The van der Waals surface area contributed by atoms with Crippen LogP contribution in [0, 0.1) is 11.6 Å². The van der Waals surface area contributed by atoms with E-state index in [2.05, 4.69) is 31.4 Å². The minimum absolute atomic E-state index is 0.0302. The first-order valence-corrected chi connectivity index (χ1v) is 9.56. The molecule has 0 spiro atoms. The summed E-state index contributed by atoms with van der Waals surface area (Å²) < 4.78 is 36.6. The minimum Gasteiger partial charge on any atom is -0.456 e. The second-order valence-corrected chi connectivity index (χ2v) is 7.24.